The van der Waals surface area contributed by atoms with Crippen LogP contribution in [-0.4, -0.2) is 93.4 Å². The molecule has 1 saturated carbocycles. The lowest BCUT2D eigenvalue weighted by atomic mass is 10.1. The van der Waals surface area contributed by atoms with Crippen molar-refractivity contribution in [3.05, 3.63) is 28.8 Å². The number of hydrogen-bond acceptors (Lipinski definition) is 14. The molecule has 1 spiro atoms. The maximum Gasteiger partial charge on any atom is 0.276 e. The molecule has 1 aliphatic heterocycles. The number of aromatic nitrogens is 8. The smallest absolute Gasteiger partial charge is 0.276 e. The fraction of sp³-hybridized carbons (Fsp3) is 0.421. The Hall–Kier alpha value is -3.51. The van der Waals surface area contributed by atoms with E-state index in [-0.39, 0.29) is 28.3 Å². The van der Waals surface area contributed by atoms with Crippen LogP contribution >= 0.6 is 35.7 Å². The molecule has 0 aromatic carbocycles. The number of nitrogen functional groups attached to an aromatic ring is 1. The monoisotopic (exact) mass is 562 g/mol. The van der Waals surface area contributed by atoms with Gasteiger partial charge in [-0.15, -0.1) is 21.5 Å². The predicted molar refractivity (Wildman–Crippen MR) is 137 cm³/mol. The second kappa shape index (κ2) is 10.5. The van der Waals surface area contributed by atoms with Crippen LogP contribution in [0, 0.1) is 0 Å². The molecule has 3 aromatic rings. The quantitative estimate of drug-likeness (QED) is 0.0968. The molecule has 3 aromatic heterocycles. The molecule has 0 unspecified atom stereocenters. The second-order valence-electron chi connectivity index (χ2n) is 8.25. The summed E-state index contributed by atoms with van der Waals surface area (Å²) in [5.74, 6) is 0.175. The summed E-state index contributed by atoms with van der Waals surface area (Å²) in [5.41, 5.74) is 6.76. The van der Waals surface area contributed by atoms with Crippen molar-refractivity contribution in [2.45, 2.75) is 36.0 Å². The molecule has 15 nitrogen and oxygen atoms in total. The first-order valence-electron chi connectivity index (χ1n) is 11.0. The predicted octanol–water partition coefficient (Wildman–Crippen LogP) is 0.0901. The largest absolute Gasteiger partial charge is 0.398 e. The van der Waals surface area contributed by atoms with E-state index in [2.05, 4.69) is 63.9 Å². The molecular formula is C19H22N12O3S3. The number of amides is 2. The van der Waals surface area contributed by atoms with Gasteiger partial charge in [-0.05, 0) is 23.6 Å². The Labute approximate surface area is 223 Å². The molecule has 1 saturated heterocycles. The number of H-pyrrole nitrogens is 2. The Morgan fingerprint density at radius 3 is 2.92 bits per heavy atom. The van der Waals surface area contributed by atoms with Crippen molar-refractivity contribution in [1.29, 1.82) is 0 Å². The Kier molecular flexibility index (Phi) is 7.11. The van der Waals surface area contributed by atoms with Crippen LogP contribution in [0.1, 0.15) is 30.8 Å². The number of carbonyl (C=O) groups excluding carboxylic acids is 2. The standard InChI is InChI=1S/C19H22N12O3S3/c1-34-28-12(11-7-36-17(20)24-11)15(32)23-10-4-19(2-3-19)31(16(10)33)13(14-25-29-30-26-14)9(5-35)6-37-18-21-8-22-27-18/h7-8,10,35H,2-6H2,1H3,(H2,20,24)(H,23,32)(H,21,22,27)(H,25,26,29,30)/b13-9+,28-12-/t10-/m0/s1. The average Bonchev–Trinajstić information content (AvgIpc) is 3.38. The van der Waals surface area contributed by atoms with Gasteiger partial charge < -0.3 is 20.8 Å². The lowest BCUT2D eigenvalue weighted by Gasteiger charge is -2.27. The van der Waals surface area contributed by atoms with Crippen LogP contribution in [0.4, 0.5) is 5.13 Å². The molecule has 1 atom stereocenters. The van der Waals surface area contributed by atoms with Crippen molar-refractivity contribution in [2.24, 2.45) is 5.16 Å². The minimum absolute atomic E-state index is 0.0695. The van der Waals surface area contributed by atoms with Gasteiger partial charge >= 0.3 is 0 Å². The number of oxime groups is 1. The topological polar surface area (TPSA) is 206 Å². The number of thioether (sulfide) groups is 1. The van der Waals surface area contributed by atoms with Crippen molar-refractivity contribution in [1.82, 2.24) is 51.0 Å². The highest BCUT2D eigenvalue weighted by Gasteiger charge is 2.60. The van der Waals surface area contributed by atoms with E-state index in [1.165, 1.54) is 36.5 Å². The van der Waals surface area contributed by atoms with Gasteiger partial charge in [0.1, 0.15) is 25.2 Å². The lowest BCUT2D eigenvalue weighted by molar-refractivity contribution is -0.129. The number of tetrazole rings is 1. The molecule has 1 aliphatic carbocycles. The van der Waals surface area contributed by atoms with Gasteiger partial charge in [0, 0.05) is 23.3 Å². The number of hydrogen-bond donors (Lipinski definition) is 5. The average molecular weight is 563 g/mol. The summed E-state index contributed by atoms with van der Waals surface area (Å²) in [6.45, 7) is 0. The third-order valence-corrected chi connectivity index (χ3v) is 7.97. The van der Waals surface area contributed by atoms with E-state index in [9.17, 15) is 9.59 Å². The molecule has 2 aliphatic rings. The molecular weight excluding hydrogens is 540 g/mol. The van der Waals surface area contributed by atoms with Gasteiger partial charge in [-0.25, -0.2) is 9.97 Å². The number of nitrogens with two attached hydrogens (primary N) is 1. The zero-order valence-electron chi connectivity index (χ0n) is 19.4. The summed E-state index contributed by atoms with van der Waals surface area (Å²) in [6, 6.07) is -0.807. The minimum atomic E-state index is -0.807. The summed E-state index contributed by atoms with van der Waals surface area (Å²) in [6.07, 6.45) is 3.37. The first-order valence-corrected chi connectivity index (χ1v) is 13.5. The van der Waals surface area contributed by atoms with Gasteiger partial charge in [0.25, 0.3) is 5.91 Å². The number of nitrogens with zero attached hydrogens (tertiary/aromatic N) is 8. The highest BCUT2D eigenvalue weighted by Crippen LogP contribution is 2.53. The number of anilines is 1. The summed E-state index contributed by atoms with van der Waals surface area (Å²) in [5, 5.41) is 30.3. The third kappa shape index (κ3) is 5.03. The van der Waals surface area contributed by atoms with Gasteiger partial charge in [-0.3, -0.25) is 14.7 Å². The van der Waals surface area contributed by atoms with E-state index in [1.54, 1.807) is 10.3 Å². The van der Waals surface area contributed by atoms with Crippen LogP contribution < -0.4 is 11.1 Å². The zero-order chi connectivity index (χ0) is 26.0. The Morgan fingerprint density at radius 1 is 1.49 bits per heavy atom. The number of likely N-dealkylation sites (tertiary alicyclic amines) is 1. The van der Waals surface area contributed by atoms with Gasteiger partial charge in [-0.1, -0.05) is 16.9 Å². The van der Waals surface area contributed by atoms with Crippen molar-refractivity contribution in [2.75, 3.05) is 24.3 Å². The maximum atomic E-state index is 13.8. The SMILES string of the molecule is CO/N=C(\C(=O)N[C@H]1CC2(CC2)N(/C(=C(\CS)CSc2ncn[nH]2)c2nn[nH]n2)C1=O)c1csc(N)n1. The fourth-order valence-electron chi connectivity index (χ4n) is 4.19. The van der Waals surface area contributed by atoms with Crippen LogP contribution in [0.3, 0.4) is 0 Å². The molecule has 5 N–H and O–H groups in total. The highest BCUT2D eigenvalue weighted by molar-refractivity contribution is 7.99. The zero-order valence-corrected chi connectivity index (χ0v) is 21.9. The molecule has 4 heterocycles. The van der Waals surface area contributed by atoms with E-state index in [0.29, 0.717) is 28.8 Å². The summed E-state index contributed by atoms with van der Waals surface area (Å²) >= 11 is 7.11. The fourth-order valence-corrected chi connectivity index (χ4v) is 5.93. The molecule has 5 rings (SSSR count). The van der Waals surface area contributed by atoms with Crippen molar-refractivity contribution in [3.63, 3.8) is 0 Å². The first kappa shape index (κ1) is 25.2. The molecule has 2 amide bonds. The molecule has 0 bridgehead atoms. The van der Waals surface area contributed by atoms with E-state index in [1.807, 2.05) is 0 Å². The normalized spacial score (nSPS) is 19.3. The van der Waals surface area contributed by atoms with Crippen molar-refractivity contribution in [3.8, 4) is 0 Å². The van der Waals surface area contributed by atoms with Crippen LogP contribution in [0.25, 0.3) is 5.70 Å². The van der Waals surface area contributed by atoms with Crippen LogP contribution in [0.2, 0.25) is 0 Å². The molecule has 0 radical (unpaired) electrons. The van der Waals surface area contributed by atoms with Gasteiger partial charge in [0.05, 0.1) is 11.2 Å². The number of rotatable bonds is 10. The van der Waals surface area contributed by atoms with E-state index in [4.69, 9.17) is 10.6 Å². The van der Waals surface area contributed by atoms with Crippen molar-refractivity contribution < 1.29 is 14.4 Å². The second-order valence-corrected chi connectivity index (χ2v) is 10.4. The Bertz CT molecular complexity index is 1330. The number of thiol groups is 1. The Morgan fingerprint density at radius 2 is 2.32 bits per heavy atom. The lowest BCUT2D eigenvalue weighted by Crippen LogP contribution is -2.44. The van der Waals surface area contributed by atoms with E-state index in [0.717, 1.165) is 18.4 Å². The summed E-state index contributed by atoms with van der Waals surface area (Å²) < 4.78 is 0. The van der Waals surface area contributed by atoms with E-state index < -0.39 is 17.5 Å². The summed E-state index contributed by atoms with van der Waals surface area (Å²) in [7, 11) is 1.32. The highest BCUT2D eigenvalue weighted by atomic mass is 32.2. The molecule has 194 valence electrons. The molecule has 37 heavy (non-hydrogen) atoms. The Balaban J connectivity index is 1.44. The van der Waals surface area contributed by atoms with Crippen LogP contribution in [0.5, 0.6) is 0 Å². The number of aromatic amines is 2. The molecule has 18 heteroatoms. The van der Waals surface area contributed by atoms with Crippen LogP contribution in [-0.2, 0) is 14.4 Å². The van der Waals surface area contributed by atoms with Gasteiger partial charge in [0.2, 0.25) is 11.7 Å². The van der Waals surface area contributed by atoms with Gasteiger partial charge in [-0.2, -0.15) is 22.9 Å². The third-order valence-electron chi connectivity index (χ3n) is 5.95. The van der Waals surface area contributed by atoms with Crippen molar-refractivity contribution >= 4 is 64.1 Å². The molecule has 2 fully saturated rings. The van der Waals surface area contributed by atoms with Crippen LogP contribution in [0.15, 0.2) is 27.6 Å². The number of nitrogens with one attached hydrogen (secondary N) is 3. The van der Waals surface area contributed by atoms with E-state index >= 15 is 0 Å². The number of carbonyl (C=O) groups is 2. The van der Waals surface area contributed by atoms with Gasteiger partial charge in [0.15, 0.2) is 16.0 Å². The first-order chi connectivity index (χ1) is 18.0. The maximum absolute atomic E-state index is 13.8. The summed E-state index contributed by atoms with van der Waals surface area (Å²) in [4.78, 5) is 41.8. The number of thiazole rings is 1. The minimum Gasteiger partial charge on any atom is -0.398 e.